The van der Waals surface area contributed by atoms with Gasteiger partial charge in [-0.15, -0.1) is 0 Å². The predicted molar refractivity (Wildman–Crippen MR) is 82.4 cm³/mol. The summed E-state index contributed by atoms with van der Waals surface area (Å²) in [6.45, 7) is 2.27. The van der Waals surface area contributed by atoms with Crippen molar-refractivity contribution in [3.8, 4) is 11.4 Å². The molecule has 0 spiro atoms. The second kappa shape index (κ2) is 5.12. The number of aryl methyl sites for hydroxylation is 1. The van der Waals surface area contributed by atoms with Gasteiger partial charge in [-0.1, -0.05) is 6.92 Å². The van der Waals surface area contributed by atoms with Crippen molar-refractivity contribution in [3.05, 3.63) is 41.9 Å². The molecule has 2 aromatic heterocycles. The lowest BCUT2D eigenvalue weighted by molar-refractivity contribution is -0.141. The van der Waals surface area contributed by atoms with Crippen molar-refractivity contribution in [2.24, 2.45) is 0 Å². The molecule has 124 valence electrons. The molecular weight excluding hydrogens is 321 g/mol. The monoisotopic (exact) mass is 334 g/mol. The van der Waals surface area contributed by atoms with Gasteiger partial charge in [-0.2, -0.15) is 13.2 Å². The first kappa shape index (κ1) is 14.8. The number of hydrogen-bond acceptors (Lipinski definition) is 4. The van der Waals surface area contributed by atoms with Crippen LogP contribution < -0.4 is 10.1 Å². The van der Waals surface area contributed by atoms with Crippen LogP contribution in [-0.2, 0) is 12.6 Å². The number of pyridine rings is 1. The Balaban J connectivity index is 1.95. The molecule has 0 unspecified atom stereocenters. The first-order valence-electron chi connectivity index (χ1n) is 7.44. The Morgan fingerprint density at radius 3 is 2.79 bits per heavy atom. The maximum Gasteiger partial charge on any atom is 0.433 e. The maximum atomic E-state index is 13.0. The summed E-state index contributed by atoms with van der Waals surface area (Å²) in [6, 6.07) is 7.72. The lowest BCUT2D eigenvalue weighted by Crippen LogP contribution is -2.09. The molecule has 0 bridgehead atoms. The van der Waals surface area contributed by atoms with E-state index in [4.69, 9.17) is 4.74 Å². The van der Waals surface area contributed by atoms with Gasteiger partial charge in [0.15, 0.2) is 12.4 Å². The fourth-order valence-corrected chi connectivity index (χ4v) is 2.78. The van der Waals surface area contributed by atoms with E-state index in [0.717, 1.165) is 11.8 Å². The summed E-state index contributed by atoms with van der Waals surface area (Å²) < 4.78 is 46.1. The molecule has 3 aromatic rings. The van der Waals surface area contributed by atoms with Gasteiger partial charge < -0.3 is 10.1 Å². The molecule has 4 rings (SSSR count). The number of alkyl halides is 3. The molecule has 0 aliphatic carbocycles. The van der Waals surface area contributed by atoms with Crippen molar-refractivity contribution in [1.82, 2.24) is 14.5 Å². The van der Waals surface area contributed by atoms with E-state index >= 15 is 0 Å². The molecule has 24 heavy (non-hydrogen) atoms. The third-order valence-corrected chi connectivity index (χ3v) is 3.89. The molecule has 1 aromatic carbocycles. The molecule has 1 aliphatic rings. The summed E-state index contributed by atoms with van der Waals surface area (Å²) in [5.41, 5.74) is 1.21. The number of imidazole rings is 1. The lowest BCUT2D eigenvalue weighted by atomic mass is 10.2. The zero-order valence-corrected chi connectivity index (χ0v) is 12.7. The van der Waals surface area contributed by atoms with Crippen molar-refractivity contribution in [3.63, 3.8) is 0 Å². The van der Waals surface area contributed by atoms with Crippen LogP contribution in [0.4, 0.5) is 18.9 Å². The largest absolute Gasteiger partial charge is 0.471 e. The number of nitrogens with one attached hydrogen (secondary N) is 1. The Hall–Kier alpha value is -2.77. The fraction of sp³-hybridized carbons (Fsp3) is 0.250. The zero-order chi connectivity index (χ0) is 16.9. The second-order valence-corrected chi connectivity index (χ2v) is 5.40. The topological polar surface area (TPSA) is 52.0 Å². The predicted octanol–water partition coefficient (Wildman–Crippen LogP) is 3.76. The van der Waals surface area contributed by atoms with Crippen molar-refractivity contribution >= 4 is 16.9 Å². The number of ether oxygens (including phenoxy) is 1. The number of fused-ring (bicyclic) bond motifs is 2. The van der Waals surface area contributed by atoms with E-state index < -0.39 is 11.9 Å². The Bertz CT molecular complexity index is 933. The third kappa shape index (κ3) is 2.26. The molecule has 0 saturated heterocycles. The highest BCUT2D eigenvalue weighted by Gasteiger charge is 2.33. The molecule has 0 fully saturated rings. The van der Waals surface area contributed by atoms with E-state index in [2.05, 4.69) is 15.3 Å². The van der Waals surface area contributed by atoms with Crippen LogP contribution in [0.1, 0.15) is 18.4 Å². The van der Waals surface area contributed by atoms with Crippen molar-refractivity contribution in [1.29, 1.82) is 0 Å². The van der Waals surface area contributed by atoms with Gasteiger partial charge in [-0.3, -0.25) is 4.57 Å². The highest BCUT2D eigenvalue weighted by atomic mass is 19.4. The normalized spacial score (nSPS) is 13.7. The molecule has 3 heterocycles. The molecule has 8 heteroatoms. The summed E-state index contributed by atoms with van der Waals surface area (Å²) in [6.07, 6.45) is -3.94. The Labute approximate surface area is 135 Å². The van der Waals surface area contributed by atoms with Crippen LogP contribution in [-0.4, -0.2) is 21.3 Å². The van der Waals surface area contributed by atoms with Crippen LogP contribution in [0.15, 0.2) is 30.3 Å². The second-order valence-electron chi connectivity index (χ2n) is 5.40. The standard InChI is InChI=1S/C16H13F3N4O/c1-2-14-21-11-5-6-13(16(17,18)19)22-15(11)23(14)9-3-4-10-12(7-9)24-8-20-10/h3-7,20H,2,8H2,1H3. The highest BCUT2D eigenvalue weighted by molar-refractivity contribution is 5.75. The number of aromatic nitrogens is 3. The molecule has 1 N–H and O–H groups in total. The van der Waals surface area contributed by atoms with E-state index in [1.54, 1.807) is 10.6 Å². The summed E-state index contributed by atoms with van der Waals surface area (Å²) in [5, 5.41) is 3.06. The van der Waals surface area contributed by atoms with Gasteiger partial charge in [-0.05, 0) is 24.3 Å². The molecule has 0 amide bonds. The molecule has 0 radical (unpaired) electrons. The van der Waals surface area contributed by atoms with Gasteiger partial charge in [-0.25, -0.2) is 9.97 Å². The fourth-order valence-electron chi connectivity index (χ4n) is 2.78. The third-order valence-electron chi connectivity index (χ3n) is 3.89. The van der Waals surface area contributed by atoms with Gasteiger partial charge in [0, 0.05) is 12.5 Å². The summed E-state index contributed by atoms with van der Waals surface area (Å²) in [5.74, 6) is 1.30. The maximum absolute atomic E-state index is 13.0. The number of halogens is 3. The number of hydrogen-bond donors (Lipinski definition) is 1. The van der Waals surface area contributed by atoms with Gasteiger partial charge in [0.1, 0.15) is 22.8 Å². The Morgan fingerprint density at radius 1 is 1.21 bits per heavy atom. The Kier molecular flexibility index (Phi) is 3.16. The van der Waals surface area contributed by atoms with Crippen molar-refractivity contribution in [2.45, 2.75) is 19.5 Å². The minimum atomic E-state index is -4.50. The van der Waals surface area contributed by atoms with E-state index in [-0.39, 0.29) is 5.65 Å². The first-order valence-corrected chi connectivity index (χ1v) is 7.44. The summed E-state index contributed by atoms with van der Waals surface area (Å²) in [4.78, 5) is 8.20. The van der Waals surface area contributed by atoms with Gasteiger partial charge in [0.25, 0.3) is 0 Å². The zero-order valence-electron chi connectivity index (χ0n) is 12.7. The smallest absolute Gasteiger partial charge is 0.433 e. The van der Waals surface area contributed by atoms with Crippen LogP contribution in [0.3, 0.4) is 0 Å². The molecule has 1 aliphatic heterocycles. The SMILES string of the molecule is CCc1nc2ccc(C(F)(F)F)nc2n1-c1ccc2c(c1)OCN2. The average molecular weight is 334 g/mol. The van der Waals surface area contributed by atoms with Gasteiger partial charge in [0.2, 0.25) is 0 Å². The minimum Gasteiger partial charge on any atom is -0.471 e. The summed E-state index contributed by atoms with van der Waals surface area (Å²) in [7, 11) is 0. The van der Waals surface area contributed by atoms with E-state index in [0.29, 0.717) is 35.9 Å². The van der Waals surface area contributed by atoms with Crippen LogP contribution in [0.25, 0.3) is 16.9 Å². The van der Waals surface area contributed by atoms with Crippen LogP contribution >= 0.6 is 0 Å². The van der Waals surface area contributed by atoms with Gasteiger partial charge >= 0.3 is 6.18 Å². The van der Waals surface area contributed by atoms with Crippen molar-refractivity contribution < 1.29 is 17.9 Å². The first-order chi connectivity index (χ1) is 11.5. The average Bonchev–Trinajstić information content (AvgIpc) is 3.16. The summed E-state index contributed by atoms with van der Waals surface area (Å²) >= 11 is 0. The molecular formula is C16H13F3N4O. The van der Waals surface area contributed by atoms with E-state index in [9.17, 15) is 13.2 Å². The quantitative estimate of drug-likeness (QED) is 0.775. The minimum absolute atomic E-state index is 0.188. The van der Waals surface area contributed by atoms with Crippen LogP contribution in [0, 0.1) is 0 Å². The highest BCUT2D eigenvalue weighted by Crippen LogP contribution is 2.34. The Morgan fingerprint density at radius 2 is 2.04 bits per heavy atom. The van der Waals surface area contributed by atoms with Crippen molar-refractivity contribution in [2.75, 3.05) is 12.0 Å². The van der Waals surface area contributed by atoms with Gasteiger partial charge in [0.05, 0.1) is 11.4 Å². The number of benzene rings is 1. The molecule has 0 saturated carbocycles. The van der Waals surface area contributed by atoms with E-state index in [1.807, 2.05) is 19.1 Å². The number of anilines is 1. The number of nitrogens with zero attached hydrogens (tertiary/aromatic N) is 3. The molecule has 0 atom stereocenters. The lowest BCUT2D eigenvalue weighted by Gasteiger charge is -2.10. The van der Waals surface area contributed by atoms with E-state index in [1.165, 1.54) is 6.07 Å². The number of rotatable bonds is 2. The molecule has 5 nitrogen and oxygen atoms in total. The van der Waals surface area contributed by atoms with Crippen LogP contribution in [0.5, 0.6) is 5.75 Å². The van der Waals surface area contributed by atoms with Crippen LogP contribution in [0.2, 0.25) is 0 Å².